The highest BCUT2D eigenvalue weighted by Crippen LogP contribution is 2.10. The van der Waals surface area contributed by atoms with Crippen molar-refractivity contribution in [1.82, 2.24) is 16.0 Å². The number of hydrogen-bond donors (Lipinski definition) is 7. The fourth-order valence-electron chi connectivity index (χ4n) is 2.80. The summed E-state index contributed by atoms with van der Waals surface area (Å²) in [5.74, 6) is -4.95. The Morgan fingerprint density at radius 2 is 1.31 bits per heavy atom. The van der Waals surface area contributed by atoms with Gasteiger partial charge in [-0.25, -0.2) is 4.79 Å². The molecule has 4 amide bonds. The first-order valence-corrected chi connectivity index (χ1v) is 10.6. The lowest BCUT2D eigenvalue weighted by molar-refractivity contribution is -0.144. The molecule has 12 heteroatoms. The summed E-state index contributed by atoms with van der Waals surface area (Å²) in [6.45, 7) is 8.00. The van der Waals surface area contributed by atoms with E-state index in [4.69, 9.17) is 11.5 Å². The third-order valence-corrected chi connectivity index (χ3v) is 5.12. The smallest absolute Gasteiger partial charge is 0.326 e. The van der Waals surface area contributed by atoms with Crippen LogP contribution >= 0.6 is 0 Å². The molecule has 9 N–H and O–H groups in total. The highest BCUT2D eigenvalue weighted by Gasteiger charge is 2.34. The van der Waals surface area contributed by atoms with E-state index in [-0.39, 0.29) is 18.8 Å². The predicted molar refractivity (Wildman–Crippen MR) is 116 cm³/mol. The second kappa shape index (κ2) is 13.6. The van der Waals surface area contributed by atoms with Crippen molar-refractivity contribution in [1.29, 1.82) is 0 Å². The van der Waals surface area contributed by atoms with Crippen molar-refractivity contribution in [2.75, 3.05) is 0 Å². The fraction of sp³-hybridized carbons (Fsp3) is 0.750. The number of carboxylic acid groups (broad SMARTS) is 1. The molecule has 0 radical (unpaired) electrons. The third-order valence-electron chi connectivity index (χ3n) is 5.12. The van der Waals surface area contributed by atoms with Crippen molar-refractivity contribution < 1.29 is 34.2 Å². The maximum atomic E-state index is 12.8. The number of carbonyl (C=O) groups excluding carboxylic acids is 4. The van der Waals surface area contributed by atoms with Crippen LogP contribution in [0.15, 0.2) is 0 Å². The summed E-state index contributed by atoms with van der Waals surface area (Å²) in [4.78, 5) is 60.1. The Bertz CT molecular complexity index is 683. The van der Waals surface area contributed by atoms with Crippen LogP contribution in [0, 0.1) is 11.8 Å². The van der Waals surface area contributed by atoms with Crippen molar-refractivity contribution in [3.05, 3.63) is 0 Å². The zero-order chi connectivity index (χ0) is 25.2. The molecule has 0 spiro atoms. The number of aliphatic hydroxyl groups is 1. The highest BCUT2D eigenvalue weighted by molar-refractivity contribution is 5.94. The van der Waals surface area contributed by atoms with E-state index < -0.39 is 65.8 Å². The number of nitrogens with two attached hydrogens (primary N) is 2. The molecule has 32 heavy (non-hydrogen) atoms. The van der Waals surface area contributed by atoms with Crippen molar-refractivity contribution >= 4 is 29.6 Å². The number of nitrogens with one attached hydrogen (secondary N) is 3. The van der Waals surface area contributed by atoms with Crippen LogP contribution in [0.2, 0.25) is 0 Å². The number of amides is 4. The molecule has 0 aliphatic carbocycles. The quantitative estimate of drug-likeness (QED) is 0.157. The standard InChI is InChI=1S/C20H37N5O7/c1-6-10(4)15(20(31)32)24-19(30)16(11(5)26)25-18(29)14(9(2)3)23-17(28)12(21)7-8-13(22)27/h9-12,14-16,26H,6-8,21H2,1-5H3,(H2,22,27)(H,23,28)(H,24,30)(H,25,29)(H,31,32). The maximum Gasteiger partial charge on any atom is 0.326 e. The summed E-state index contributed by atoms with van der Waals surface area (Å²) in [5, 5.41) is 26.6. The molecule has 0 aromatic heterocycles. The SMILES string of the molecule is CCC(C)C(NC(=O)C(NC(=O)C(NC(=O)C(N)CCC(N)=O)C(C)C)C(C)O)C(=O)O. The molecule has 0 heterocycles. The Labute approximate surface area is 187 Å². The van der Waals surface area contributed by atoms with Gasteiger partial charge in [-0.1, -0.05) is 34.1 Å². The minimum absolute atomic E-state index is 0.00149. The Hall–Kier alpha value is -2.73. The van der Waals surface area contributed by atoms with E-state index in [1.165, 1.54) is 6.92 Å². The Morgan fingerprint density at radius 1 is 0.844 bits per heavy atom. The minimum Gasteiger partial charge on any atom is -0.480 e. The van der Waals surface area contributed by atoms with E-state index in [0.717, 1.165) is 0 Å². The second-order valence-corrected chi connectivity index (χ2v) is 8.28. The molecule has 0 aromatic rings. The number of rotatable bonds is 14. The van der Waals surface area contributed by atoms with Crippen LogP contribution in [0.5, 0.6) is 0 Å². The van der Waals surface area contributed by atoms with Crippen LogP contribution in [-0.4, -0.2) is 70.1 Å². The van der Waals surface area contributed by atoms with Crippen LogP contribution in [-0.2, 0) is 24.0 Å². The first kappa shape index (κ1) is 29.3. The molecule has 6 atom stereocenters. The van der Waals surface area contributed by atoms with Crippen LogP contribution in [0.1, 0.15) is 53.9 Å². The number of hydrogen-bond acceptors (Lipinski definition) is 7. The molecule has 0 bridgehead atoms. The largest absolute Gasteiger partial charge is 0.480 e. The van der Waals surface area contributed by atoms with Gasteiger partial charge in [0.25, 0.3) is 0 Å². The number of carbonyl (C=O) groups is 5. The van der Waals surface area contributed by atoms with Gasteiger partial charge in [-0.05, 0) is 25.2 Å². The van der Waals surface area contributed by atoms with E-state index in [1.807, 2.05) is 0 Å². The lowest BCUT2D eigenvalue weighted by Gasteiger charge is -2.29. The Kier molecular flexibility index (Phi) is 12.5. The van der Waals surface area contributed by atoms with Crippen molar-refractivity contribution in [2.24, 2.45) is 23.3 Å². The molecule has 0 aromatic carbocycles. The predicted octanol–water partition coefficient (Wildman–Crippen LogP) is -1.80. The fourth-order valence-corrected chi connectivity index (χ4v) is 2.80. The number of aliphatic hydroxyl groups excluding tert-OH is 1. The van der Waals surface area contributed by atoms with Crippen LogP contribution in [0.4, 0.5) is 0 Å². The zero-order valence-electron chi connectivity index (χ0n) is 19.3. The van der Waals surface area contributed by atoms with Crippen LogP contribution < -0.4 is 27.4 Å². The van der Waals surface area contributed by atoms with Gasteiger partial charge in [-0.2, -0.15) is 0 Å². The summed E-state index contributed by atoms with van der Waals surface area (Å²) >= 11 is 0. The summed E-state index contributed by atoms with van der Waals surface area (Å²) in [5.41, 5.74) is 10.8. The third kappa shape index (κ3) is 9.60. The summed E-state index contributed by atoms with van der Waals surface area (Å²) in [7, 11) is 0. The lowest BCUT2D eigenvalue weighted by Crippen LogP contribution is -2.61. The van der Waals surface area contributed by atoms with Gasteiger partial charge in [-0.3, -0.25) is 19.2 Å². The molecule has 12 nitrogen and oxygen atoms in total. The molecule has 0 saturated heterocycles. The normalized spacial score (nSPS) is 16.8. The summed E-state index contributed by atoms with van der Waals surface area (Å²) in [6.07, 6.45) is -0.955. The maximum absolute atomic E-state index is 12.8. The average Bonchev–Trinajstić information content (AvgIpc) is 2.70. The molecule has 0 saturated carbocycles. The van der Waals surface area contributed by atoms with Gasteiger partial charge in [-0.15, -0.1) is 0 Å². The van der Waals surface area contributed by atoms with Crippen LogP contribution in [0.3, 0.4) is 0 Å². The van der Waals surface area contributed by atoms with Crippen LogP contribution in [0.25, 0.3) is 0 Å². The zero-order valence-corrected chi connectivity index (χ0v) is 19.3. The van der Waals surface area contributed by atoms with Gasteiger partial charge in [0.15, 0.2) is 0 Å². The van der Waals surface area contributed by atoms with Gasteiger partial charge in [0.2, 0.25) is 23.6 Å². The van der Waals surface area contributed by atoms with E-state index in [1.54, 1.807) is 27.7 Å². The van der Waals surface area contributed by atoms with Gasteiger partial charge >= 0.3 is 5.97 Å². The molecule has 184 valence electrons. The number of carboxylic acids is 1. The molecule has 0 aliphatic heterocycles. The minimum atomic E-state index is -1.45. The molecule has 0 aliphatic rings. The van der Waals surface area contributed by atoms with Gasteiger partial charge in [0, 0.05) is 6.42 Å². The molecule has 0 fully saturated rings. The first-order chi connectivity index (χ1) is 14.7. The van der Waals surface area contributed by atoms with Crippen molar-refractivity contribution in [3.8, 4) is 0 Å². The Morgan fingerprint density at radius 3 is 1.72 bits per heavy atom. The number of aliphatic carboxylic acids is 1. The number of primary amides is 1. The average molecular weight is 460 g/mol. The molecule has 6 unspecified atom stereocenters. The van der Waals surface area contributed by atoms with E-state index in [9.17, 15) is 34.2 Å². The monoisotopic (exact) mass is 459 g/mol. The van der Waals surface area contributed by atoms with Gasteiger partial charge < -0.3 is 37.6 Å². The van der Waals surface area contributed by atoms with Crippen molar-refractivity contribution in [2.45, 2.75) is 84.2 Å². The molecular weight excluding hydrogens is 422 g/mol. The Balaban J connectivity index is 5.36. The lowest BCUT2D eigenvalue weighted by atomic mass is 9.98. The first-order valence-electron chi connectivity index (χ1n) is 10.6. The summed E-state index contributed by atoms with van der Waals surface area (Å²) < 4.78 is 0. The van der Waals surface area contributed by atoms with Gasteiger partial charge in [0.05, 0.1) is 12.1 Å². The topological polar surface area (TPSA) is 214 Å². The summed E-state index contributed by atoms with van der Waals surface area (Å²) in [6, 6.07) is -4.81. The highest BCUT2D eigenvalue weighted by atomic mass is 16.4. The van der Waals surface area contributed by atoms with Crippen molar-refractivity contribution in [3.63, 3.8) is 0 Å². The van der Waals surface area contributed by atoms with E-state index in [2.05, 4.69) is 16.0 Å². The van der Waals surface area contributed by atoms with E-state index in [0.29, 0.717) is 6.42 Å². The molecular formula is C20H37N5O7. The van der Waals surface area contributed by atoms with Gasteiger partial charge in [0.1, 0.15) is 18.1 Å². The van der Waals surface area contributed by atoms with E-state index >= 15 is 0 Å². The second-order valence-electron chi connectivity index (χ2n) is 8.28. The molecule has 0 rings (SSSR count).